The minimum absolute atomic E-state index is 0.0970. The van der Waals surface area contributed by atoms with Crippen LogP contribution in [-0.4, -0.2) is 22.1 Å². The fourth-order valence-electron chi connectivity index (χ4n) is 1.08. The monoisotopic (exact) mass is 192 g/mol. The number of carbonyl (C=O) groups excluding carboxylic acids is 1. The summed E-state index contributed by atoms with van der Waals surface area (Å²) in [7, 11) is 0. The molecule has 3 heteroatoms. The van der Waals surface area contributed by atoms with Crippen LogP contribution in [0.15, 0.2) is 36.9 Å². The van der Waals surface area contributed by atoms with Crippen LogP contribution in [0.5, 0.6) is 5.75 Å². The summed E-state index contributed by atoms with van der Waals surface area (Å²) in [5.41, 5.74) is 0.386. The largest absolute Gasteiger partial charge is 0.508 e. The second-order valence-electron chi connectivity index (χ2n) is 2.95. The Kier molecular flexibility index (Phi) is 3.42. The Labute approximate surface area is 82.3 Å². The van der Waals surface area contributed by atoms with E-state index < -0.39 is 6.10 Å². The van der Waals surface area contributed by atoms with E-state index in [1.54, 1.807) is 0 Å². The first kappa shape index (κ1) is 10.5. The van der Waals surface area contributed by atoms with E-state index in [-0.39, 0.29) is 18.0 Å². The molecule has 2 N–H and O–H groups in total. The molecule has 0 aliphatic carbocycles. The zero-order valence-electron chi connectivity index (χ0n) is 7.68. The summed E-state index contributed by atoms with van der Waals surface area (Å²) in [5, 5.41) is 18.3. The fraction of sp³-hybridized carbons (Fsp3) is 0.182. The van der Waals surface area contributed by atoms with Crippen molar-refractivity contribution in [3.63, 3.8) is 0 Å². The van der Waals surface area contributed by atoms with Crippen molar-refractivity contribution in [1.82, 2.24) is 0 Å². The van der Waals surface area contributed by atoms with Crippen LogP contribution < -0.4 is 0 Å². The van der Waals surface area contributed by atoms with Crippen molar-refractivity contribution in [3.05, 3.63) is 42.5 Å². The van der Waals surface area contributed by atoms with Crippen molar-refractivity contribution >= 4 is 5.78 Å². The van der Waals surface area contributed by atoms with Crippen molar-refractivity contribution < 1.29 is 15.0 Å². The van der Waals surface area contributed by atoms with Crippen LogP contribution in [-0.2, 0) is 0 Å². The third-order valence-corrected chi connectivity index (χ3v) is 1.84. The van der Waals surface area contributed by atoms with E-state index in [0.29, 0.717) is 5.56 Å². The van der Waals surface area contributed by atoms with Crippen LogP contribution >= 0.6 is 0 Å². The van der Waals surface area contributed by atoms with Gasteiger partial charge in [-0.2, -0.15) is 0 Å². The number of ketones is 1. The van der Waals surface area contributed by atoms with E-state index in [1.807, 2.05) is 0 Å². The first-order chi connectivity index (χ1) is 6.65. The number of aromatic hydroxyl groups is 1. The molecule has 0 saturated carbocycles. The van der Waals surface area contributed by atoms with E-state index >= 15 is 0 Å². The van der Waals surface area contributed by atoms with Gasteiger partial charge >= 0.3 is 0 Å². The second-order valence-corrected chi connectivity index (χ2v) is 2.95. The highest BCUT2D eigenvalue weighted by Gasteiger charge is 2.14. The number of hydrogen-bond donors (Lipinski definition) is 2. The lowest BCUT2D eigenvalue weighted by atomic mass is 10.0. The van der Waals surface area contributed by atoms with Gasteiger partial charge in [0.05, 0.1) is 0 Å². The lowest BCUT2D eigenvalue weighted by Crippen LogP contribution is -2.19. The Morgan fingerprint density at radius 1 is 1.43 bits per heavy atom. The van der Waals surface area contributed by atoms with E-state index in [0.717, 1.165) is 0 Å². The van der Waals surface area contributed by atoms with Gasteiger partial charge in [-0.05, 0) is 30.7 Å². The van der Waals surface area contributed by atoms with Gasteiger partial charge in [0.15, 0.2) is 5.78 Å². The third-order valence-electron chi connectivity index (χ3n) is 1.84. The third kappa shape index (κ3) is 2.44. The SMILES string of the molecule is C=CCC(O)C(=O)c1ccc(O)cc1. The Morgan fingerprint density at radius 2 is 2.00 bits per heavy atom. The lowest BCUT2D eigenvalue weighted by molar-refractivity contribution is 0.0753. The summed E-state index contributed by atoms with van der Waals surface area (Å²) in [5.74, 6) is -0.260. The standard InChI is InChI=1S/C11H12O3/c1-2-3-10(13)11(14)8-4-6-9(12)7-5-8/h2,4-7,10,12-13H,1,3H2. The molecule has 1 aromatic rings. The minimum atomic E-state index is -1.04. The molecule has 1 aromatic carbocycles. The average Bonchev–Trinajstić information content (AvgIpc) is 2.18. The molecule has 0 amide bonds. The number of phenols is 1. The van der Waals surface area contributed by atoms with Gasteiger partial charge < -0.3 is 10.2 Å². The minimum Gasteiger partial charge on any atom is -0.508 e. The first-order valence-electron chi connectivity index (χ1n) is 4.27. The summed E-state index contributed by atoms with van der Waals surface area (Å²) in [4.78, 5) is 11.5. The summed E-state index contributed by atoms with van der Waals surface area (Å²) >= 11 is 0. The van der Waals surface area contributed by atoms with E-state index in [9.17, 15) is 9.90 Å². The molecular formula is C11H12O3. The quantitative estimate of drug-likeness (QED) is 0.561. The topological polar surface area (TPSA) is 57.5 Å². The highest BCUT2D eigenvalue weighted by molar-refractivity contribution is 5.99. The Morgan fingerprint density at radius 3 is 2.50 bits per heavy atom. The van der Waals surface area contributed by atoms with Crippen LogP contribution in [0.25, 0.3) is 0 Å². The first-order valence-corrected chi connectivity index (χ1v) is 4.27. The molecular weight excluding hydrogens is 180 g/mol. The summed E-state index contributed by atoms with van der Waals surface area (Å²) < 4.78 is 0. The van der Waals surface area contributed by atoms with Crippen LogP contribution in [0.1, 0.15) is 16.8 Å². The smallest absolute Gasteiger partial charge is 0.191 e. The van der Waals surface area contributed by atoms with Crippen molar-refractivity contribution in [2.75, 3.05) is 0 Å². The Hall–Kier alpha value is -1.61. The Balaban J connectivity index is 2.78. The van der Waals surface area contributed by atoms with Crippen LogP contribution in [0, 0.1) is 0 Å². The number of aliphatic hydroxyl groups is 1. The zero-order chi connectivity index (χ0) is 10.6. The van der Waals surface area contributed by atoms with Gasteiger partial charge in [0.2, 0.25) is 0 Å². The van der Waals surface area contributed by atoms with Gasteiger partial charge in [0.25, 0.3) is 0 Å². The van der Waals surface area contributed by atoms with E-state index in [1.165, 1.54) is 30.3 Å². The van der Waals surface area contributed by atoms with E-state index in [2.05, 4.69) is 6.58 Å². The van der Waals surface area contributed by atoms with Crippen LogP contribution in [0.4, 0.5) is 0 Å². The number of carbonyl (C=O) groups is 1. The maximum atomic E-state index is 11.5. The predicted octanol–water partition coefficient (Wildman–Crippen LogP) is 1.51. The molecule has 0 aliphatic heterocycles. The molecule has 14 heavy (non-hydrogen) atoms. The number of rotatable bonds is 4. The lowest BCUT2D eigenvalue weighted by Gasteiger charge is -2.06. The maximum absolute atomic E-state index is 11.5. The molecule has 0 saturated heterocycles. The molecule has 0 bridgehead atoms. The highest BCUT2D eigenvalue weighted by atomic mass is 16.3. The van der Waals surface area contributed by atoms with Crippen LogP contribution in [0.3, 0.4) is 0 Å². The summed E-state index contributed by atoms with van der Waals surface area (Å²) in [6, 6.07) is 5.77. The van der Waals surface area contributed by atoms with Crippen molar-refractivity contribution in [2.24, 2.45) is 0 Å². The molecule has 74 valence electrons. The predicted molar refractivity (Wildman–Crippen MR) is 53.3 cm³/mol. The molecule has 1 atom stereocenters. The number of benzene rings is 1. The average molecular weight is 192 g/mol. The van der Waals surface area contributed by atoms with Gasteiger partial charge in [0.1, 0.15) is 11.9 Å². The molecule has 0 heterocycles. The zero-order valence-corrected chi connectivity index (χ0v) is 7.68. The molecule has 1 unspecified atom stereocenters. The summed E-state index contributed by atoms with van der Waals surface area (Å²) in [6.45, 7) is 3.44. The number of aliphatic hydroxyl groups excluding tert-OH is 1. The van der Waals surface area contributed by atoms with Gasteiger partial charge in [-0.15, -0.1) is 6.58 Å². The van der Waals surface area contributed by atoms with E-state index in [4.69, 9.17) is 5.11 Å². The number of phenolic OH excluding ortho intramolecular Hbond substituents is 1. The molecule has 3 nitrogen and oxygen atoms in total. The van der Waals surface area contributed by atoms with Gasteiger partial charge in [-0.25, -0.2) is 0 Å². The fourth-order valence-corrected chi connectivity index (χ4v) is 1.08. The summed E-state index contributed by atoms with van der Waals surface area (Å²) in [6.07, 6.45) is 0.680. The normalized spacial score (nSPS) is 12.1. The van der Waals surface area contributed by atoms with Crippen molar-refractivity contribution in [3.8, 4) is 5.75 Å². The molecule has 0 fully saturated rings. The van der Waals surface area contributed by atoms with Crippen molar-refractivity contribution in [1.29, 1.82) is 0 Å². The van der Waals surface area contributed by atoms with Gasteiger partial charge in [-0.3, -0.25) is 4.79 Å². The highest BCUT2D eigenvalue weighted by Crippen LogP contribution is 2.12. The molecule has 0 aliphatic rings. The van der Waals surface area contributed by atoms with Crippen LogP contribution in [0.2, 0.25) is 0 Å². The molecule has 0 radical (unpaired) electrons. The maximum Gasteiger partial charge on any atom is 0.191 e. The Bertz CT molecular complexity index is 327. The number of hydrogen-bond acceptors (Lipinski definition) is 3. The number of Topliss-reactive ketones (excluding diaryl/α,β-unsaturated/α-hetero) is 1. The van der Waals surface area contributed by atoms with Gasteiger partial charge in [-0.1, -0.05) is 6.08 Å². The van der Waals surface area contributed by atoms with Crippen molar-refractivity contribution in [2.45, 2.75) is 12.5 Å². The van der Waals surface area contributed by atoms with Gasteiger partial charge in [0, 0.05) is 5.56 Å². The second kappa shape index (κ2) is 4.58. The molecule has 0 spiro atoms. The molecule has 1 rings (SSSR count). The molecule has 0 aromatic heterocycles.